The van der Waals surface area contributed by atoms with E-state index in [1.165, 1.54) is 12.8 Å². The smallest absolute Gasteiger partial charge is 0.270 e. The lowest BCUT2D eigenvalue weighted by Gasteiger charge is -2.12. The van der Waals surface area contributed by atoms with E-state index < -0.39 is 0 Å². The molecule has 0 radical (unpaired) electrons. The number of carbonyl (C=O) groups excluding carboxylic acids is 1. The summed E-state index contributed by atoms with van der Waals surface area (Å²) in [5.41, 5.74) is 0.500. The van der Waals surface area contributed by atoms with Crippen LogP contribution in [0.2, 0.25) is 0 Å². The van der Waals surface area contributed by atoms with Crippen LogP contribution >= 0.6 is 0 Å². The third-order valence-electron chi connectivity index (χ3n) is 2.66. The zero-order valence-corrected chi connectivity index (χ0v) is 10.9. The number of pyridine rings is 1. The van der Waals surface area contributed by atoms with Crippen molar-refractivity contribution in [1.82, 2.24) is 10.3 Å². The molecule has 0 aromatic carbocycles. The van der Waals surface area contributed by atoms with Crippen LogP contribution in [0.3, 0.4) is 0 Å². The van der Waals surface area contributed by atoms with Gasteiger partial charge in [0.05, 0.1) is 0 Å². The average molecular weight is 234 g/mol. The van der Waals surface area contributed by atoms with Gasteiger partial charge in [-0.15, -0.1) is 0 Å². The van der Waals surface area contributed by atoms with E-state index in [1.54, 1.807) is 12.3 Å². The Morgan fingerprint density at radius 2 is 2.18 bits per heavy atom. The molecule has 1 N–H and O–H groups in total. The fourth-order valence-corrected chi connectivity index (χ4v) is 1.71. The highest BCUT2D eigenvalue weighted by Crippen LogP contribution is 2.33. The van der Waals surface area contributed by atoms with Gasteiger partial charge in [-0.3, -0.25) is 9.78 Å². The summed E-state index contributed by atoms with van der Waals surface area (Å²) in [5, 5.41) is 2.97. The van der Waals surface area contributed by atoms with Crippen LogP contribution in [0.4, 0.5) is 0 Å². The summed E-state index contributed by atoms with van der Waals surface area (Å²) in [6.07, 6.45) is 5.38. The van der Waals surface area contributed by atoms with Gasteiger partial charge in [-0.05, 0) is 31.4 Å². The first-order valence-corrected chi connectivity index (χ1v) is 6.47. The highest BCUT2D eigenvalue weighted by atomic mass is 16.1. The summed E-state index contributed by atoms with van der Waals surface area (Å²) < 4.78 is 0. The van der Waals surface area contributed by atoms with E-state index in [1.807, 2.05) is 26.0 Å². The van der Waals surface area contributed by atoms with Crippen molar-refractivity contribution in [3.8, 4) is 0 Å². The van der Waals surface area contributed by atoms with Gasteiger partial charge in [0.1, 0.15) is 5.69 Å². The lowest BCUT2D eigenvalue weighted by molar-refractivity contribution is 0.0932. The van der Waals surface area contributed by atoms with Gasteiger partial charge in [-0.1, -0.05) is 32.8 Å². The maximum Gasteiger partial charge on any atom is 0.270 e. The molecule has 0 spiro atoms. The molecule has 0 aliphatic heterocycles. The molecule has 0 bridgehead atoms. The zero-order valence-electron chi connectivity index (χ0n) is 10.9. The molecule has 1 heterocycles. The molecule has 3 heteroatoms. The van der Waals surface area contributed by atoms with Crippen LogP contribution in [-0.4, -0.2) is 16.9 Å². The van der Waals surface area contributed by atoms with E-state index in [-0.39, 0.29) is 11.9 Å². The lowest BCUT2D eigenvalue weighted by Crippen LogP contribution is -2.33. The highest BCUT2D eigenvalue weighted by Gasteiger charge is 2.24. The Hall–Kier alpha value is -1.38. The van der Waals surface area contributed by atoms with E-state index in [0.717, 1.165) is 12.3 Å². The zero-order chi connectivity index (χ0) is 12.7. The van der Waals surface area contributed by atoms with Crippen LogP contribution in [0.5, 0.6) is 0 Å². The largest absolute Gasteiger partial charge is 0.348 e. The van der Waals surface area contributed by atoms with Crippen LogP contribution in [-0.2, 0) is 0 Å². The minimum atomic E-state index is -0.0660. The third kappa shape index (κ3) is 4.98. The fourth-order valence-electron chi connectivity index (χ4n) is 1.71. The maximum atomic E-state index is 11.7. The Morgan fingerprint density at radius 1 is 1.47 bits per heavy atom. The summed E-state index contributed by atoms with van der Waals surface area (Å²) in [6, 6.07) is 5.63. The highest BCUT2D eigenvalue weighted by molar-refractivity contribution is 5.92. The number of nitrogens with one attached hydrogen (secondary N) is 1. The van der Waals surface area contributed by atoms with Crippen LogP contribution < -0.4 is 5.32 Å². The van der Waals surface area contributed by atoms with Crippen LogP contribution in [0.25, 0.3) is 0 Å². The summed E-state index contributed by atoms with van der Waals surface area (Å²) in [6.45, 7) is 6.05. The molecule has 1 aromatic heterocycles. The molecule has 94 valence electrons. The second-order valence-electron chi connectivity index (χ2n) is 4.27. The Morgan fingerprint density at radius 3 is 2.71 bits per heavy atom. The molecular formula is C14H22N2O. The Kier molecular flexibility index (Phi) is 5.67. The molecule has 1 atom stereocenters. The van der Waals surface area contributed by atoms with Crippen molar-refractivity contribution in [2.45, 2.75) is 46.1 Å². The van der Waals surface area contributed by atoms with Gasteiger partial charge in [0.2, 0.25) is 0 Å². The van der Waals surface area contributed by atoms with Crippen molar-refractivity contribution in [2.75, 3.05) is 0 Å². The molecule has 1 aliphatic carbocycles. The van der Waals surface area contributed by atoms with Crippen LogP contribution in [0, 0.1) is 5.92 Å². The first-order valence-electron chi connectivity index (χ1n) is 6.47. The number of amides is 1. The Labute approximate surface area is 104 Å². The molecular weight excluding hydrogens is 212 g/mol. The van der Waals surface area contributed by atoms with E-state index in [4.69, 9.17) is 0 Å². The van der Waals surface area contributed by atoms with Crippen molar-refractivity contribution in [3.63, 3.8) is 0 Å². The molecule has 1 aliphatic rings. The minimum absolute atomic E-state index is 0.0660. The van der Waals surface area contributed by atoms with Crippen molar-refractivity contribution < 1.29 is 4.79 Å². The molecule has 1 unspecified atom stereocenters. The molecule has 1 aromatic rings. The first-order chi connectivity index (χ1) is 8.25. The molecule has 1 saturated carbocycles. The van der Waals surface area contributed by atoms with E-state index in [9.17, 15) is 4.79 Å². The predicted octanol–water partition coefficient (Wildman–Crippen LogP) is 3.03. The van der Waals surface area contributed by atoms with Crippen molar-refractivity contribution in [2.24, 2.45) is 5.92 Å². The Balaban J connectivity index is 0.000000686. The van der Waals surface area contributed by atoms with Crippen molar-refractivity contribution in [3.05, 3.63) is 30.1 Å². The van der Waals surface area contributed by atoms with Gasteiger partial charge < -0.3 is 5.32 Å². The van der Waals surface area contributed by atoms with E-state index in [2.05, 4.69) is 17.2 Å². The van der Waals surface area contributed by atoms with Gasteiger partial charge in [0, 0.05) is 12.2 Å². The summed E-state index contributed by atoms with van der Waals surface area (Å²) >= 11 is 0. The van der Waals surface area contributed by atoms with Crippen LogP contribution in [0.15, 0.2) is 24.4 Å². The molecule has 1 amide bonds. The number of carbonyl (C=O) groups is 1. The molecule has 0 saturated heterocycles. The van der Waals surface area contributed by atoms with E-state index >= 15 is 0 Å². The SMILES string of the molecule is CC.CC(CC1CC1)NC(=O)c1ccccn1. The van der Waals surface area contributed by atoms with Gasteiger partial charge in [-0.2, -0.15) is 0 Å². The Bertz CT molecular complexity index is 333. The second-order valence-corrected chi connectivity index (χ2v) is 4.27. The van der Waals surface area contributed by atoms with E-state index in [0.29, 0.717) is 5.69 Å². The molecule has 1 fully saturated rings. The van der Waals surface area contributed by atoms with Crippen molar-refractivity contribution >= 4 is 5.91 Å². The summed E-state index contributed by atoms with van der Waals surface area (Å²) in [7, 11) is 0. The second kappa shape index (κ2) is 7.05. The molecule has 17 heavy (non-hydrogen) atoms. The third-order valence-corrected chi connectivity index (χ3v) is 2.66. The maximum absolute atomic E-state index is 11.7. The summed E-state index contributed by atoms with van der Waals surface area (Å²) in [5.74, 6) is 0.771. The fraction of sp³-hybridized carbons (Fsp3) is 0.571. The van der Waals surface area contributed by atoms with Crippen LogP contribution in [0.1, 0.15) is 50.5 Å². The number of hydrogen-bond donors (Lipinski definition) is 1. The number of nitrogens with zero attached hydrogens (tertiary/aromatic N) is 1. The monoisotopic (exact) mass is 234 g/mol. The molecule has 3 nitrogen and oxygen atoms in total. The minimum Gasteiger partial charge on any atom is -0.348 e. The standard InChI is InChI=1S/C12H16N2O.C2H6/c1-9(8-10-5-6-10)14-12(15)11-4-2-3-7-13-11;1-2/h2-4,7,9-10H,5-6,8H2,1H3,(H,14,15);1-2H3. The first kappa shape index (κ1) is 13.7. The number of hydrogen-bond acceptors (Lipinski definition) is 2. The topological polar surface area (TPSA) is 42.0 Å². The molecule has 2 rings (SSSR count). The van der Waals surface area contributed by atoms with Crippen molar-refractivity contribution in [1.29, 1.82) is 0 Å². The normalized spacial score (nSPS) is 15.5. The van der Waals surface area contributed by atoms with Gasteiger partial charge in [-0.25, -0.2) is 0 Å². The number of aromatic nitrogens is 1. The lowest BCUT2D eigenvalue weighted by atomic mass is 10.1. The number of rotatable bonds is 4. The van der Waals surface area contributed by atoms with Gasteiger partial charge >= 0.3 is 0 Å². The summed E-state index contributed by atoms with van der Waals surface area (Å²) in [4.78, 5) is 15.7. The average Bonchev–Trinajstić information content (AvgIpc) is 3.16. The van der Waals surface area contributed by atoms with Gasteiger partial charge in [0.15, 0.2) is 0 Å². The predicted molar refractivity (Wildman–Crippen MR) is 69.9 cm³/mol. The van der Waals surface area contributed by atoms with Gasteiger partial charge in [0.25, 0.3) is 5.91 Å². The quantitative estimate of drug-likeness (QED) is 0.870.